The van der Waals surface area contributed by atoms with E-state index in [4.69, 9.17) is 9.47 Å². The Hall–Kier alpha value is -1.76. The number of rotatable bonds is 7. The van der Waals surface area contributed by atoms with Crippen molar-refractivity contribution in [2.45, 2.75) is 26.3 Å². The molecule has 0 atom stereocenters. The minimum Gasteiger partial charge on any atom is -0.495 e. The predicted octanol–water partition coefficient (Wildman–Crippen LogP) is 2.11. The Bertz CT molecular complexity index is 521. The van der Waals surface area contributed by atoms with Crippen molar-refractivity contribution < 1.29 is 19.1 Å². The molecule has 1 aromatic carbocycles. The van der Waals surface area contributed by atoms with Crippen molar-refractivity contribution in [2.75, 3.05) is 20.8 Å². The molecule has 0 aliphatic heterocycles. The van der Waals surface area contributed by atoms with E-state index < -0.39 is 0 Å². The first kappa shape index (κ1) is 18.3. The molecule has 1 rings (SSSR count). The van der Waals surface area contributed by atoms with E-state index in [0.717, 1.165) is 0 Å². The molecule has 0 heterocycles. The summed E-state index contributed by atoms with van der Waals surface area (Å²) in [6, 6.07) is 3.30. The topological polar surface area (TPSA) is 76.7 Å². The van der Waals surface area contributed by atoms with Gasteiger partial charge in [-0.15, -0.1) is 0 Å². The van der Waals surface area contributed by atoms with Gasteiger partial charge in [-0.1, -0.05) is 0 Å². The second-order valence-electron chi connectivity index (χ2n) is 4.92. The quantitative estimate of drug-likeness (QED) is 0.768. The van der Waals surface area contributed by atoms with Crippen molar-refractivity contribution in [3.8, 4) is 11.5 Å². The fraction of sp³-hybridized carbons (Fsp3) is 0.467. The average Bonchev–Trinajstić information content (AvgIpc) is 2.46. The summed E-state index contributed by atoms with van der Waals surface area (Å²) in [7, 11) is 3.02. The van der Waals surface area contributed by atoms with Crippen molar-refractivity contribution in [1.29, 1.82) is 0 Å². The Kier molecular flexibility index (Phi) is 7.17. The van der Waals surface area contributed by atoms with Crippen LogP contribution in [0, 0.1) is 0 Å². The van der Waals surface area contributed by atoms with Crippen molar-refractivity contribution in [3.05, 3.63) is 22.2 Å². The minimum atomic E-state index is -0.290. The van der Waals surface area contributed by atoms with Crippen LogP contribution >= 0.6 is 15.9 Å². The van der Waals surface area contributed by atoms with E-state index in [1.807, 2.05) is 13.8 Å². The Morgan fingerprint density at radius 3 is 2.18 bits per heavy atom. The largest absolute Gasteiger partial charge is 0.495 e. The van der Waals surface area contributed by atoms with Gasteiger partial charge < -0.3 is 20.1 Å². The highest BCUT2D eigenvalue weighted by Gasteiger charge is 2.14. The first-order valence-electron chi connectivity index (χ1n) is 6.88. The monoisotopic (exact) mass is 372 g/mol. The first-order chi connectivity index (χ1) is 10.4. The van der Waals surface area contributed by atoms with Crippen LogP contribution in [0.25, 0.3) is 0 Å². The molecule has 0 aliphatic rings. The van der Waals surface area contributed by atoms with Gasteiger partial charge >= 0.3 is 0 Å². The van der Waals surface area contributed by atoms with E-state index in [9.17, 15) is 9.59 Å². The molecule has 7 heteroatoms. The molecule has 6 nitrogen and oxygen atoms in total. The van der Waals surface area contributed by atoms with Crippen molar-refractivity contribution >= 4 is 27.7 Å². The summed E-state index contributed by atoms with van der Waals surface area (Å²) in [5, 5.41) is 5.46. The van der Waals surface area contributed by atoms with Crippen molar-refractivity contribution in [2.24, 2.45) is 0 Å². The summed E-state index contributed by atoms with van der Waals surface area (Å²) >= 11 is 3.34. The van der Waals surface area contributed by atoms with Gasteiger partial charge in [-0.2, -0.15) is 0 Å². The molecule has 0 saturated heterocycles. The van der Waals surface area contributed by atoms with Crippen molar-refractivity contribution in [1.82, 2.24) is 10.6 Å². The van der Waals surface area contributed by atoms with Gasteiger partial charge in [0.1, 0.15) is 16.0 Å². The fourth-order valence-electron chi connectivity index (χ4n) is 1.79. The lowest BCUT2D eigenvalue weighted by atomic mass is 10.2. The predicted molar refractivity (Wildman–Crippen MR) is 87.5 cm³/mol. The standard InChI is InChI=1S/C15H21BrN2O4/c1-9(2)18-13(19)5-6-17-15(20)10-7-11(21-3)14(16)12(8-10)22-4/h7-9H,5-6H2,1-4H3,(H,17,20)(H,18,19). The highest BCUT2D eigenvalue weighted by Crippen LogP contribution is 2.35. The van der Waals surface area contributed by atoms with Gasteiger partial charge in [0.25, 0.3) is 5.91 Å². The molecule has 2 amide bonds. The van der Waals surface area contributed by atoms with Crippen LogP contribution in [-0.2, 0) is 4.79 Å². The molecule has 0 aliphatic carbocycles. The number of hydrogen-bond acceptors (Lipinski definition) is 4. The lowest BCUT2D eigenvalue weighted by molar-refractivity contribution is -0.121. The number of ether oxygens (including phenoxy) is 2. The van der Waals surface area contributed by atoms with Gasteiger partial charge in [-0.05, 0) is 41.9 Å². The Morgan fingerprint density at radius 2 is 1.73 bits per heavy atom. The van der Waals surface area contributed by atoms with E-state index in [2.05, 4.69) is 26.6 Å². The van der Waals surface area contributed by atoms with Gasteiger partial charge in [0.2, 0.25) is 5.91 Å². The molecule has 0 radical (unpaired) electrons. The zero-order valence-electron chi connectivity index (χ0n) is 13.2. The molecule has 0 fully saturated rings. The maximum absolute atomic E-state index is 12.1. The zero-order chi connectivity index (χ0) is 16.7. The van der Waals surface area contributed by atoms with Gasteiger partial charge in [0.05, 0.1) is 14.2 Å². The molecular formula is C15H21BrN2O4. The third-order valence-corrected chi connectivity index (χ3v) is 3.58. The minimum absolute atomic E-state index is 0.0863. The summed E-state index contributed by atoms with van der Waals surface area (Å²) in [5.41, 5.74) is 0.404. The smallest absolute Gasteiger partial charge is 0.251 e. The number of nitrogens with one attached hydrogen (secondary N) is 2. The molecule has 22 heavy (non-hydrogen) atoms. The summed E-state index contributed by atoms with van der Waals surface area (Å²) in [5.74, 6) is 0.617. The lowest BCUT2D eigenvalue weighted by Crippen LogP contribution is -2.34. The highest BCUT2D eigenvalue weighted by molar-refractivity contribution is 9.10. The van der Waals surface area contributed by atoms with Crippen LogP contribution in [-0.4, -0.2) is 38.6 Å². The zero-order valence-corrected chi connectivity index (χ0v) is 14.7. The molecule has 0 unspecified atom stereocenters. The molecule has 0 spiro atoms. The highest BCUT2D eigenvalue weighted by atomic mass is 79.9. The van der Waals surface area contributed by atoms with E-state index >= 15 is 0 Å². The van der Waals surface area contributed by atoms with Crippen LogP contribution in [0.15, 0.2) is 16.6 Å². The maximum atomic E-state index is 12.1. The van der Waals surface area contributed by atoms with Gasteiger partial charge in [-0.3, -0.25) is 9.59 Å². The number of halogens is 1. The Balaban J connectivity index is 2.68. The lowest BCUT2D eigenvalue weighted by Gasteiger charge is -2.12. The Labute approximate surface area is 138 Å². The van der Waals surface area contributed by atoms with Crippen LogP contribution in [0.1, 0.15) is 30.6 Å². The summed E-state index contributed by atoms with van der Waals surface area (Å²) in [6.07, 6.45) is 0.231. The third-order valence-electron chi connectivity index (χ3n) is 2.80. The average molecular weight is 373 g/mol. The van der Waals surface area contributed by atoms with E-state index in [-0.39, 0.29) is 30.8 Å². The molecule has 122 valence electrons. The summed E-state index contributed by atoms with van der Waals surface area (Å²) in [6.45, 7) is 4.03. The summed E-state index contributed by atoms with van der Waals surface area (Å²) in [4.78, 5) is 23.6. The van der Waals surface area contributed by atoms with Crippen LogP contribution in [0.4, 0.5) is 0 Å². The second kappa shape index (κ2) is 8.63. The summed E-state index contributed by atoms with van der Waals surface area (Å²) < 4.78 is 11.0. The fourth-order valence-corrected chi connectivity index (χ4v) is 2.34. The number of carbonyl (C=O) groups is 2. The molecule has 0 bridgehead atoms. The number of hydrogen-bond donors (Lipinski definition) is 2. The van der Waals surface area contributed by atoms with Gasteiger partial charge in [0, 0.05) is 24.6 Å². The molecule has 2 N–H and O–H groups in total. The normalized spacial score (nSPS) is 10.3. The Morgan fingerprint density at radius 1 is 1.18 bits per heavy atom. The van der Waals surface area contributed by atoms with Crippen LogP contribution in [0.2, 0.25) is 0 Å². The van der Waals surface area contributed by atoms with E-state index in [1.165, 1.54) is 14.2 Å². The number of benzene rings is 1. The maximum Gasteiger partial charge on any atom is 0.251 e. The van der Waals surface area contributed by atoms with E-state index in [1.54, 1.807) is 12.1 Å². The second-order valence-corrected chi connectivity index (χ2v) is 5.72. The van der Waals surface area contributed by atoms with Crippen LogP contribution < -0.4 is 20.1 Å². The van der Waals surface area contributed by atoms with Gasteiger partial charge in [0.15, 0.2) is 0 Å². The molecule has 0 saturated carbocycles. The number of methoxy groups -OCH3 is 2. The van der Waals surface area contributed by atoms with Crippen molar-refractivity contribution in [3.63, 3.8) is 0 Å². The molecule has 0 aromatic heterocycles. The third kappa shape index (κ3) is 5.22. The molecular weight excluding hydrogens is 352 g/mol. The van der Waals surface area contributed by atoms with Crippen LogP contribution in [0.5, 0.6) is 11.5 Å². The van der Waals surface area contributed by atoms with Crippen LogP contribution in [0.3, 0.4) is 0 Å². The number of carbonyl (C=O) groups excluding carboxylic acids is 2. The first-order valence-corrected chi connectivity index (χ1v) is 7.67. The van der Waals surface area contributed by atoms with E-state index in [0.29, 0.717) is 21.5 Å². The number of amides is 2. The SMILES string of the molecule is COc1cc(C(=O)NCCC(=O)NC(C)C)cc(OC)c1Br. The van der Waals surface area contributed by atoms with Gasteiger partial charge in [-0.25, -0.2) is 0 Å². The molecule has 1 aromatic rings.